The molecule has 2 heteroatoms. The molecule has 1 aromatic rings. The minimum absolute atomic E-state index is 0.636. The Morgan fingerprint density at radius 2 is 2.14 bits per heavy atom. The molecule has 1 N–H and O–H groups in total. The van der Waals surface area contributed by atoms with Gasteiger partial charge in [-0.15, -0.1) is 17.9 Å². The number of hydrogen-bond acceptors (Lipinski definition) is 2. The van der Waals surface area contributed by atoms with E-state index in [9.17, 15) is 0 Å². The minimum atomic E-state index is 0.636. The summed E-state index contributed by atoms with van der Waals surface area (Å²) in [6, 6.07) is 0. The van der Waals surface area contributed by atoms with Crippen molar-refractivity contribution < 1.29 is 0 Å². The predicted octanol–water partition coefficient (Wildman–Crippen LogP) is 5.35. The van der Waals surface area contributed by atoms with Crippen molar-refractivity contribution in [1.82, 2.24) is 5.32 Å². The van der Waals surface area contributed by atoms with Crippen LogP contribution < -0.4 is 5.32 Å². The number of allylic oxidation sites excluding steroid dienone is 2. The van der Waals surface area contributed by atoms with E-state index in [4.69, 9.17) is 0 Å². The van der Waals surface area contributed by atoms with Gasteiger partial charge in [0, 0.05) is 28.1 Å². The molecule has 2 aliphatic carbocycles. The normalized spacial score (nSPS) is 20.3. The lowest BCUT2D eigenvalue weighted by Gasteiger charge is -2.25. The van der Waals surface area contributed by atoms with Gasteiger partial charge in [-0.25, -0.2) is 0 Å². The minimum Gasteiger partial charge on any atom is -0.385 e. The average molecular weight is 314 g/mol. The van der Waals surface area contributed by atoms with Gasteiger partial charge in [0.2, 0.25) is 0 Å². The van der Waals surface area contributed by atoms with Crippen molar-refractivity contribution in [2.75, 3.05) is 6.54 Å². The van der Waals surface area contributed by atoms with Crippen molar-refractivity contribution in [3.05, 3.63) is 52.8 Å². The van der Waals surface area contributed by atoms with E-state index in [1.807, 2.05) is 17.4 Å². The van der Waals surface area contributed by atoms with Crippen LogP contribution in [-0.2, 0) is 12.8 Å². The van der Waals surface area contributed by atoms with Gasteiger partial charge in [-0.05, 0) is 62.3 Å². The quantitative estimate of drug-likeness (QED) is 0.638. The Labute approximate surface area is 138 Å². The molecule has 0 aromatic carbocycles. The van der Waals surface area contributed by atoms with Crippen molar-refractivity contribution in [2.24, 2.45) is 11.8 Å². The lowest BCUT2D eigenvalue weighted by Crippen LogP contribution is -2.18. The molecule has 2 aliphatic rings. The molecule has 1 heterocycles. The van der Waals surface area contributed by atoms with Crippen LogP contribution in [0, 0.1) is 11.8 Å². The molecule has 0 bridgehead atoms. The zero-order valence-corrected chi connectivity index (χ0v) is 14.3. The van der Waals surface area contributed by atoms with Crippen LogP contribution in [-0.4, -0.2) is 6.54 Å². The van der Waals surface area contributed by atoms with Gasteiger partial charge in [0.25, 0.3) is 0 Å². The Bertz CT molecular complexity index is 577. The molecule has 1 unspecified atom stereocenters. The van der Waals surface area contributed by atoms with Crippen LogP contribution in [0.15, 0.2) is 36.8 Å². The van der Waals surface area contributed by atoms with E-state index < -0.39 is 0 Å². The molecule has 1 aromatic heterocycles. The summed E-state index contributed by atoms with van der Waals surface area (Å²) >= 11 is 1.92. The predicted molar refractivity (Wildman–Crippen MR) is 98.2 cm³/mol. The van der Waals surface area contributed by atoms with E-state index in [1.54, 1.807) is 4.88 Å². The number of hydrogen-bond donors (Lipinski definition) is 1. The maximum absolute atomic E-state index is 4.33. The second-order valence-corrected chi connectivity index (χ2v) is 7.74. The lowest BCUT2D eigenvalue weighted by atomic mass is 9.81. The molecule has 0 spiro atoms. The van der Waals surface area contributed by atoms with E-state index in [2.05, 4.69) is 30.4 Å². The summed E-state index contributed by atoms with van der Waals surface area (Å²) in [4.78, 5) is 1.57. The first-order valence-electron chi connectivity index (χ1n) is 8.50. The van der Waals surface area contributed by atoms with Crippen LogP contribution >= 0.6 is 11.3 Å². The van der Waals surface area contributed by atoms with Gasteiger partial charge in [0.15, 0.2) is 0 Å². The fourth-order valence-corrected chi connectivity index (χ4v) is 4.40. The monoisotopic (exact) mass is 313 g/mol. The third-order valence-corrected chi connectivity index (χ3v) is 6.11. The molecule has 1 atom stereocenters. The summed E-state index contributed by atoms with van der Waals surface area (Å²) in [6.07, 6.45) is 10.5. The van der Waals surface area contributed by atoms with E-state index >= 15 is 0 Å². The molecule has 1 nitrogen and oxygen atoms in total. The van der Waals surface area contributed by atoms with Crippen molar-refractivity contribution in [3.63, 3.8) is 0 Å². The number of fused-ring (bicyclic) bond motifs is 1. The zero-order chi connectivity index (χ0) is 15.5. The highest BCUT2D eigenvalue weighted by Crippen LogP contribution is 2.38. The van der Waals surface area contributed by atoms with Gasteiger partial charge in [-0.2, -0.15) is 0 Å². The molecule has 0 amide bonds. The van der Waals surface area contributed by atoms with Gasteiger partial charge >= 0.3 is 0 Å². The summed E-state index contributed by atoms with van der Waals surface area (Å²) in [5, 5.41) is 5.86. The van der Waals surface area contributed by atoms with Crippen molar-refractivity contribution in [1.29, 1.82) is 0 Å². The van der Waals surface area contributed by atoms with Crippen LogP contribution in [0.25, 0.3) is 5.70 Å². The summed E-state index contributed by atoms with van der Waals surface area (Å²) in [7, 11) is 0. The SMILES string of the molecule is C=CCCC(=C)C1CCc2scc(C(=C)NCC3CC3)c2C1. The lowest BCUT2D eigenvalue weighted by molar-refractivity contribution is 0.516. The van der Waals surface area contributed by atoms with Gasteiger partial charge in [0.05, 0.1) is 0 Å². The van der Waals surface area contributed by atoms with Gasteiger partial charge in [0.1, 0.15) is 0 Å². The van der Waals surface area contributed by atoms with Crippen LogP contribution in [0.3, 0.4) is 0 Å². The highest BCUT2D eigenvalue weighted by atomic mass is 32.1. The summed E-state index contributed by atoms with van der Waals surface area (Å²) in [5.41, 5.74) is 5.43. The largest absolute Gasteiger partial charge is 0.385 e. The maximum atomic E-state index is 4.33. The smallest absolute Gasteiger partial charge is 0.0352 e. The standard InChI is InChI=1S/C20H27NS/c1-4-5-6-14(2)17-9-10-20-18(11-17)19(13-22-20)15(3)21-12-16-7-8-16/h4,13,16-17,21H,1-3,5-12H2. The van der Waals surface area contributed by atoms with E-state index in [0.717, 1.165) is 37.4 Å². The first-order valence-corrected chi connectivity index (χ1v) is 9.38. The van der Waals surface area contributed by atoms with Gasteiger partial charge in [-0.1, -0.05) is 24.8 Å². The maximum Gasteiger partial charge on any atom is 0.0352 e. The van der Waals surface area contributed by atoms with Crippen LogP contribution in [0.5, 0.6) is 0 Å². The molecule has 0 saturated heterocycles. The second kappa shape index (κ2) is 6.87. The Hall–Kier alpha value is -1.28. The summed E-state index contributed by atoms with van der Waals surface area (Å²) < 4.78 is 0. The topological polar surface area (TPSA) is 12.0 Å². The third-order valence-electron chi connectivity index (χ3n) is 5.02. The fourth-order valence-electron chi connectivity index (χ4n) is 3.29. The summed E-state index contributed by atoms with van der Waals surface area (Å²) in [5.74, 6) is 1.52. The van der Waals surface area contributed by atoms with Gasteiger partial charge < -0.3 is 5.32 Å². The number of thiophene rings is 1. The molecular weight excluding hydrogens is 286 g/mol. The van der Waals surface area contributed by atoms with Crippen molar-refractivity contribution in [2.45, 2.75) is 44.9 Å². The van der Waals surface area contributed by atoms with Gasteiger partial charge in [-0.3, -0.25) is 0 Å². The van der Waals surface area contributed by atoms with Crippen LogP contribution in [0.2, 0.25) is 0 Å². The Kier molecular flexibility index (Phi) is 4.87. The molecule has 0 radical (unpaired) electrons. The van der Waals surface area contributed by atoms with E-state index in [1.165, 1.54) is 42.4 Å². The van der Waals surface area contributed by atoms with Crippen LogP contribution in [0.1, 0.15) is 48.1 Å². The molecule has 3 rings (SSSR count). The number of rotatable bonds is 8. The molecule has 22 heavy (non-hydrogen) atoms. The Balaban J connectivity index is 1.66. The number of aryl methyl sites for hydroxylation is 1. The van der Waals surface area contributed by atoms with E-state index in [-0.39, 0.29) is 0 Å². The molecule has 1 fully saturated rings. The summed E-state index contributed by atoms with van der Waals surface area (Å²) in [6.45, 7) is 13.5. The molecule has 0 aliphatic heterocycles. The fraction of sp³-hybridized carbons (Fsp3) is 0.500. The third kappa shape index (κ3) is 3.55. The van der Waals surface area contributed by atoms with Crippen molar-refractivity contribution >= 4 is 17.0 Å². The van der Waals surface area contributed by atoms with E-state index in [0.29, 0.717) is 5.92 Å². The molecule has 1 saturated carbocycles. The Morgan fingerprint density at radius 3 is 2.86 bits per heavy atom. The first kappa shape index (κ1) is 15.6. The molecular formula is C20H27NS. The highest BCUT2D eigenvalue weighted by molar-refractivity contribution is 7.10. The Morgan fingerprint density at radius 1 is 1.32 bits per heavy atom. The zero-order valence-electron chi connectivity index (χ0n) is 13.5. The average Bonchev–Trinajstić information content (AvgIpc) is 3.27. The second-order valence-electron chi connectivity index (χ2n) is 6.78. The van der Waals surface area contributed by atoms with Crippen molar-refractivity contribution in [3.8, 4) is 0 Å². The highest BCUT2D eigenvalue weighted by Gasteiger charge is 2.26. The first-order chi connectivity index (χ1) is 10.7. The number of nitrogens with one attached hydrogen (secondary N) is 1. The molecule has 118 valence electrons. The van der Waals surface area contributed by atoms with Crippen LogP contribution in [0.4, 0.5) is 0 Å².